The number of imidazole rings is 1. The van der Waals surface area contributed by atoms with Gasteiger partial charge in [-0.05, 0) is 36.8 Å². The van der Waals surface area contributed by atoms with Gasteiger partial charge in [-0.25, -0.2) is 18.6 Å². The Bertz CT molecular complexity index is 1080. The van der Waals surface area contributed by atoms with Crippen LogP contribution >= 0.6 is 15.9 Å². The second-order valence-electron chi connectivity index (χ2n) is 7.01. The molecule has 3 heterocycles. The molecule has 0 saturated carbocycles. The third-order valence-corrected chi connectivity index (χ3v) is 5.41. The summed E-state index contributed by atoms with van der Waals surface area (Å²) in [4.78, 5) is 17.1. The molecule has 6 nitrogen and oxygen atoms in total. The van der Waals surface area contributed by atoms with Crippen molar-refractivity contribution in [3.8, 4) is 11.3 Å². The normalized spacial score (nSPS) is 17.1. The number of hydrogen-bond donors (Lipinski definition) is 1. The highest BCUT2D eigenvalue weighted by atomic mass is 79.9. The van der Waals surface area contributed by atoms with Crippen LogP contribution < -0.4 is 0 Å². The number of pyridine rings is 1. The first-order valence-corrected chi connectivity index (χ1v) is 9.84. The molecule has 0 bridgehead atoms. The fraction of sp³-hybridized carbons (Fsp3) is 0.300. The number of morpholine rings is 1. The quantitative estimate of drug-likeness (QED) is 0.626. The molecule has 0 radical (unpaired) electrons. The average molecular weight is 466 g/mol. The zero-order valence-corrected chi connectivity index (χ0v) is 17.1. The lowest BCUT2D eigenvalue weighted by molar-refractivity contribution is -0.0214. The van der Waals surface area contributed by atoms with Crippen molar-refractivity contribution in [2.24, 2.45) is 0 Å². The number of nitrogens with zero attached hydrogens (tertiary/aromatic N) is 3. The number of amides is 1. The van der Waals surface area contributed by atoms with Gasteiger partial charge >= 0.3 is 6.09 Å². The van der Waals surface area contributed by atoms with Crippen molar-refractivity contribution in [1.29, 1.82) is 0 Å². The Kier molecular flexibility index (Phi) is 5.26. The summed E-state index contributed by atoms with van der Waals surface area (Å²) in [6.07, 6.45) is 0.597. The molecule has 0 unspecified atom stereocenters. The predicted molar refractivity (Wildman–Crippen MR) is 106 cm³/mol. The lowest BCUT2D eigenvalue weighted by Crippen LogP contribution is -2.45. The third-order valence-electron chi connectivity index (χ3n) is 4.95. The van der Waals surface area contributed by atoms with E-state index in [0.717, 1.165) is 5.56 Å². The Morgan fingerprint density at radius 1 is 1.34 bits per heavy atom. The van der Waals surface area contributed by atoms with Gasteiger partial charge in [0, 0.05) is 23.6 Å². The average Bonchev–Trinajstić information content (AvgIpc) is 2.98. The van der Waals surface area contributed by atoms with E-state index in [0.29, 0.717) is 22.4 Å². The Hall–Kier alpha value is -2.52. The maximum Gasteiger partial charge on any atom is 0.407 e. The molecule has 1 aliphatic heterocycles. The zero-order chi connectivity index (χ0) is 20.7. The van der Waals surface area contributed by atoms with Gasteiger partial charge in [0.15, 0.2) is 0 Å². The third kappa shape index (κ3) is 3.84. The van der Waals surface area contributed by atoms with Gasteiger partial charge in [0.1, 0.15) is 17.3 Å². The molecule has 0 spiro atoms. The molecule has 4 rings (SSSR count). The standard InChI is InChI=1S/C20H18BrF2N3O3/c1-11-2-3-26-16(9-13-10-25(20(27)28)4-5-29-13)19(24-17(26)6-11)18-14(22)7-12(21)8-15(18)23/h2-3,6-8,13H,4-5,9-10H2,1H3,(H,27,28)/t13-/m0/s1. The van der Waals surface area contributed by atoms with Crippen LogP contribution in [0.25, 0.3) is 16.9 Å². The number of aromatic nitrogens is 2. The maximum absolute atomic E-state index is 14.7. The lowest BCUT2D eigenvalue weighted by Gasteiger charge is -2.31. The Labute approximate surface area is 173 Å². The van der Waals surface area contributed by atoms with Gasteiger partial charge in [0.25, 0.3) is 0 Å². The van der Waals surface area contributed by atoms with Crippen molar-refractivity contribution in [1.82, 2.24) is 14.3 Å². The highest BCUT2D eigenvalue weighted by molar-refractivity contribution is 9.10. The summed E-state index contributed by atoms with van der Waals surface area (Å²) in [6.45, 7) is 2.65. The topological polar surface area (TPSA) is 67.1 Å². The molecular weight excluding hydrogens is 448 g/mol. The van der Waals surface area contributed by atoms with Crippen LogP contribution in [0.5, 0.6) is 0 Å². The highest BCUT2D eigenvalue weighted by Crippen LogP contribution is 2.33. The monoisotopic (exact) mass is 465 g/mol. The molecule has 1 saturated heterocycles. The van der Waals surface area contributed by atoms with Crippen molar-refractivity contribution < 1.29 is 23.4 Å². The number of halogens is 3. The van der Waals surface area contributed by atoms with Crippen LogP contribution in [0.2, 0.25) is 0 Å². The van der Waals surface area contributed by atoms with Gasteiger partial charge in [0.2, 0.25) is 0 Å². The van der Waals surface area contributed by atoms with E-state index in [1.54, 1.807) is 10.6 Å². The number of rotatable bonds is 3. The van der Waals surface area contributed by atoms with E-state index in [1.165, 1.54) is 17.0 Å². The fourth-order valence-corrected chi connectivity index (χ4v) is 4.00. The van der Waals surface area contributed by atoms with Gasteiger partial charge in [-0.15, -0.1) is 0 Å². The largest absolute Gasteiger partial charge is 0.465 e. The Balaban J connectivity index is 1.82. The van der Waals surface area contributed by atoms with E-state index in [2.05, 4.69) is 20.9 Å². The summed E-state index contributed by atoms with van der Waals surface area (Å²) in [5.41, 5.74) is 2.06. The van der Waals surface area contributed by atoms with Gasteiger partial charge in [0.05, 0.1) is 36.2 Å². The van der Waals surface area contributed by atoms with E-state index in [9.17, 15) is 18.7 Å². The number of aryl methyl sites for hydroxylation is 1. The van der Waals surface area contributed by atoms with Crippen LogP contribution in [0, 0.1) is 18.6 Å². The molecule has 1 atom stereocenters. The molecule has 29 heavy (non-hydrogen) atoms. The van der Waals surface area contributed by atoms with Gasteiger partial charge in [-0.2, -0.15) is 0 Å². The van der Waals surface area contributed by atoms with Crippen molar-refractivity contribution in [2.45, 2.75) is 19.4 Å². The highest BCUT2D eigenvalue weighted by Gasteiger charge is 2.28. The molecule has 1 aliphatic rings. The molecule has 1 amide bonds. The summed E-state index contributed by atoms with van der Waals surface area (Å²) in [5, 5.41) is 9.26. The van der Waals surface area contributed by atoms with Gasteiger partial charge < -0.3 is 19.1 Å². The summed E-state index contributed by atoms with van der Waals surface area (Å²) in [5.74, 6) is -1.45. The Morgan fingerprint density at radius 3 is 2.76 bits per heavy atom. The van der Waals surface area contributed by atoms with Gasteiger partial charge in [-0.1, -0.05) is 15.9 Å². The minimum atomic E-state index is -1.02. The first-order valence-electron chi connectivity index (χ1n) is 9.05. The SMILES string of the molecule is Cc1ccn2c(C[C@H]3CN(C(=O)O)CCO3)c(-c3c(F)cc(Br)cc3F)nc2c1. The van der Waals surface area contributed by atoms with Crippen LogP contribution in [0.15, 0.2) is 34.9 Å². The number of carbonyl (C=O) groups is 1. The number of ether oxygens (including phenoxy) is 1. The molecule has 2 aromatic heterocycles. The van der Waals surface area contributed by atoms with Crippen LogP contribution in [-0.4, -0.2) is 51.3 Å². The van der Waals surface area contributed by atoms with E-state index in [-0.39, 0.29) is 30.8 Å². The number of hydrogen-bond acceptors (Lipinski definition) is 3. The fourth-order valence-electron chi connectivity index (χ4n) is 3.59. The lowest BCUT2D eigenvalue weighted by atomic mass is 10.0. The van der Waals surface area contributed by atoms with Crippen LogP contribution in [-0.2, 0) is 11.2 Å². The van der Waals surface area contributed by atoms with Crippen LogP contribution in [0.4, 0.5) is 13.6 Å². The molecule has 9 heteroatoms. The summed E-state index contributed by atoms with van der Waals surface area (Å²) >= 11 is 3.10. The van der Waals surface area contributed by atoms with E-state index in [1.807, 2.05) is 19.1 Å². The minimum Gasteiger partial charge on any atom is -0.465 e. The molecule has 3 aromatic rings. The molecule has 152 valence electrons. The molecule has 1 N–H and O–H groups in total. The van der Waals surface area contributed by atoms with E-state index in [4.69, 9.17) is 4.74 Å². The van der Waals surface area contributed by atoms with Crippen LogP contribution in [0.3, 0.4) is 0 Å². The number of benzene rings is 1. The van der Waals surface area contributed by atoms with Gasteiger partial charge in [-0.3, -0.25) is 0 Å². The Morgan fingerprint density at radius 2 is 2.07 bits per heavy atom. The van der Waals surface area contributed by atoms with E-state index < -0.39 is 23.8 Å². The van der Waals surface area contributed by atoms with Crippen molar-refractivity contribution >= 4 is 27.7 Å². The predicted octanol–water partition coefficient (Wildman–Crippen LogP) is 4.27. The number of carboxylic acid groups (broad SMARTS) is 1. The molecule has 0 aliphatic carbocycles. The first-order chi connectivity index (χ1) is 13.8. The zero-order valence-electron chi connectivity index (χ0n) is 15.5. The smallest absolute Gasteiger partial charge is 0.407 e. The summed E-state index contributed by atoms with van der Waals surface area (Å²) in [7, 11) is 0. The first kappa shape index (κ1) is 19.8. The minimum absolute atomic E-state index is 0.180. The molecular formula is C20H18BrF2N3O3. The summed E-state index contributed by atoms with van der Waals surface area (Å²) < 4.78 is 37.2. The van der Waals surface area contributed by atoms with Crippen LogP contribution in [0.1, 0.15) is 11.3 Å². The second-order valence-corrected chi connectivity index (χ2v) is 7.93. The molecule has 1 fully saturated rings. The van der Waals surface area contributed by atoms with Crippen molar-refractivity contribution in [3.63, 3.8) is 0 Å². The molecule has 1 aromatic carbocycles. The van der Waals surface area contributed by atoms with Crippen molar-refractivity contribution in [3.05, 3.63) is 57.8 Å². The van der Waals surface area contributed by atoms with E-state index >= 15 is 0 Å². The van der Waals surface area contributed by atoms with Crippen molar-refractivity contribution in [2.75, 3.05) is 19.7 Å². The number of fused-ring (bicyclic) bond motifs is 1. The second kappa shape index (κ2) is 7.72. The summed E-state index contributed by atoms with van der Waals surface area (Å²) in [6, 6.07) is 6.09. The maximum atomic E-state index is 14.7.